The van der Waals surface area contributed by atoms with Crippen molar-refractivity contribution in [2.45, 2.75) is 6.92 Å². The van der Waals surface area contributed by atoms with Crippen molar-refractivity contribution in [3.8, 4) is 12.3 Å². The van der Waals surface area contributed by atoms with Crippen molar-refractivity contribution in [1.82, 2.24) is 5.32 Å². The molecule has 0 atom stereocenters. The summed E-state index contributed by atoms with van der Waals surface area (Å²) < 4.78 is 0. The molecule has 0 unspecified atom stereocenters. The van der Waals surface area contributed by atoms with E-state index in [0.29, 0.717) is 21.4 Å². The van der Waals surface area contributed by atoms with Crippen LogP contribution >= 0.6 is 23.4 Å². The van der Waals surface area contributed by atoms with Gasteiger partial charge in [0.05, 0.1) is 11.3 Å². The number of nitrogens with zero attached hydrogens (tertiary/aromatic N) is 3. The standard InChI is InChI=1S/C11H9ClN4S/c1-7-3-8(5-13)10(4-9(7)12)16-11(17-2)15-6-14/h3-4H,1-2H3,(H,15,16). The van der Waals surface area contributed by atoms with E-state index >= 15 is 0 Å². The van der Waals surface area contributed by atoms with Crippen molar-refractivity contribution in [3.05, 3.63) is 28.3 Å². The first-order valence-corrected chi connectivity index (χ1v) is 6.20. The van der Waals surface area contributed by atoms with Crippen LogP contribution in [0.3, 0.4) is 0 Å². The minimum Gasteiger partial charge on any atom is -0.271 e. The zero-order chi connectivity index (χ0) is 12.8. The molecule has 0 spiro atoms. The summed E-state index contributed by atoms with van der Waals surface area (Å²) in [6.45, 7) is 1.82. The van der Waals surface area contributed by atoms with Gasteiger partial charge in [0.15, 0.2) is 11.4 Å². The fourth-order valence-corrected chi connectivity index (χ4v) is 1.63. The lowest BCUT2D eigenvalue weighted by Crippen LogP contribution is -2.12. The molecular formula is C11H9ClN4S. The highest BCUT2D eigenvalue weighted by molar-refractivity contribution is 8.13. The van der Waals surface area contributed by atoms with Crippen molar-refractivity contribution < 1.29 is 0 Å². The Balaban J connectivity index is 3.27. The van der Waals surface area contributed by atoms with Crippen LogP contribution in [0.5, 0.6) is 0 Å². The highest BCUT2D eigenvalue weighted by Gasteiger charge is 2.06. The molecule has 0 radical (unpaired) electrons. The molecule has 0 aliphatic heterocycles. The van der Waals surface area contributed by atoms with Gasteiger partial charge in [-0.15, -0.1) is 0 Å². The number of hydrogen-bond acceptors (Lipinski definition) is 4. The van der Waals surface area contributed by atoms with Gasteiger partial charge in [0.2, 0.25) is 0 Å². The van der Waals surface area contributed by atoms with Gasteiger partial charge in [-0.3, -0.25) is 5.32 Å². The Morgan fingerprint density at radius 3 is 2.71 bits per heavy atom. The molecule has 0 amide bonds. The second kappa shape index (κ2) is 6.15. The third-order valence-corrected chi connectivity index (χ3v) is 2.96. The molecule has 0 fully saturated rings. The molecule has 86 valence electrons. The zero-order valence-corrected chi connectivity index (χ0v) is 10.9. The van der Waals surface area contributed by atoms with Crippen molar-refractivity contribution in [3.63, 3.8) is 0 Å². The minimum absolute atomic E-state index is 0.420. The average Bonchev–Trinajstić information content (AvgIpc) is 2.32. The van der Waals surface area contributed by atoms with Crippen LogP contribution in [0.15, 0.2) is 17.1 Å². The van der Waals surface area contributed by atoms with E-state index in [1.165, 1.54) is 11.8 Å². The number of benzene rings is 1. The number of hydrogen-bond donors (Lipinski definition) is 1. The number of nitriles is 2. The zero-order valence-electron chi connectivity index (χ0n) is 9.28. The highest BCUT2D eigenvalue weighted by Crippen LogP contribution is 2.27. The molecule has 1 aromatic rings. The molecule has 0 bridgehead atoms. The van der Waals surface area contributed by atoms with Crippen LogP contribution in [0.25, 0.3) is 0 Å². The fourth-order valence-electron chi connectivity index (χ4n) is 1.13. The molecule has 0 saturated heterocycles. The summed E-state index contributed by atoms with van der Waals surface area (Å²) in [4.78, 5) is 4.18. The monoisotopic (exact) mass is 264 g/mol. The van der Waals surface area contributed by atoms with E-state index in [4.69, 9.17) is 22.1 Å². The number of thioether (sulfide) groups is 1. The number of aliphatic imine (C=N–C) groups is 1. The van der Waals surface area contributed by atoms with Crippen LogP contribution in [0, 0.1) is 29.7 Å². The molecule has 0 aliphatic rings. The topological polar surface area (TPSA) is 72.0 Å². The van der Waals surface area contributed by atoms with Crippen molar-refractivity contribution in [2.75, 3.05) is 6.26 Å². The first kappa shape index (κ1) is 13.4. The van der Waals surface area contributed by atoms with Gasteiger partial charge in [-0.1, -0.05) is 23.4 Å². The molecule has 4 nitrogen and oxygen atoms in total. The second-order valence-electron chi connectivity index (χ2n) is 3.09. The molecule has 1 N–H and O–H groups in total. The van der Waals surface area contributed by atoms with Crippen molar-refractivity contribution in [2.24, 2.45) is 4.99 Å². The number of halogens is 1. The first-order chi connectivity index (χ1) is 8.12. The van der Waals surface area contributed by atoms with Crippen LogP contribution in [-0.4, -0.2) is 11.4 Å². The molecule has 17 heavy (non-hydrogen) atoms. The molecule has 0 aliphatic carbocycles. The first-order valence-electron chi connectivity index (χ1n) is 4.60. The summed E-state index contributed by atoms with van der Waals surface area (Å²) in [5.74, 6) is 0. The van der Waals surface area contributed by atoms with Gasteiger partial charge >= 0.3 is 0 Å². The minimum atomic E-state index is 0.420. The molecule has 1 aromatic carbocycles. The maximum Gasteiger partial charge on any atom is 0.183 e. The average molecular weight is 265 g/mol. The summed E-state index contributed by atoms with van der Waals surface area (Å²) in [5.41, 5.74) is 1.70. The van der Waals surface area contributed by atoms with Crippen LogP contribution in [0.4, 0.5) is 5.69 Å². The van der Waals surface area contributed by atoms with Crippen LogP contribution in [0.2, 0.25) is 5.02 Å². The number of rotatable bonds is 1. The summed E-state index contributed by atoms with van der Waals surface area (Å²) in [5, 5.41) is 20.9. The Bertz CT molecular complexity index is 540. The van der Waals surface area contributed by atoms with Crippen LogP contribution in [0.1, 0.15) is 11.1 Å². The smallest absolute Gasteiger partial charge is 0.183 e. The van der Waals surface area contributed by atoms with Gasteiger partial charge in [-0.25, -0.2) is 4.99 Å². The SMILES string of the molecule is CSC(=Nc1cc(Cl)c(C)cc1C#N)NC#N. The predicted octanol–water partition coefficient (Wildman–Crippen LogP) is 2.94. The number of aryl methyl sites for hydroxylation is 1. The van der Waals surface area contributed by atoms with Gasteiger partial charge in [0.1, 0.15) is 6.07 Å². The normalized spacial score (nSPS) is 10.5. The van der Waals surface area contributed by atoms with Gasteiger partial charge in [0, 0.05) is 5.02 Å². The van der Waals surface area contributed by atoms with Gasteiger partial charge in [0.25, 0.3) is 0 Å². The van der Waals surface area contributed by atoms with E-state index in [-0.39, 0.29) is 0 Å². The van der Waals surface area contributed by atoms with Gasteiger partial charge in [-0.2, -0.15) is 10.5 Å². The van der Waals surface area contributed by atoms with E-state index in [9.17, 15) is 0 Å². The Morgan fingerprint density at radius 2 is 2.18 bits per heavy atom. The lowest BCUT2D eigenvalue weighted by atomic mass is 10.1. The molecule has 0 heterocycles. The van der Waals surface area contributed by atoms with E-state index in [1.807, 2.05) is 13.0 Å². The van der Waals surface area contributed by atoms with Crippen molar-refractivity contribution >= 4 is 34.2 Å². The van der Waals surface area contributed by atoms with E-state index < -0.39 is 0 Å². The number of nitrogens with one attached hydrogen (secondary N) is 1. The van der Waals surface area contributed by atoms with E-state index in [0.717, 1.165) is 5.56 Å². The fraction of sp³-hybridized carbons (Fsp3) is 0.182. The second-order valence-corrected chi connectivity index (χ2v) is 4.29. The lowest BCUT2D eigenvalue weighted by molar-refractivity contribution is 1.27. The summed E-state index contributed by atoms with van der Waals surface area (Å²) >= 11 is 7.26. The molecule has 6 heteroatoms. The van der Waals surface area contributed by atoms with E-state index in [1.54, 1.807) is 24.6 Å². The Morgan fingerprint density at radius 1 is 1.47 bits per heavy atom. The van der Waals surface area contributed by atoms with Gasteiger partial charge in [-0.05, 0) is 30.9 Å². The predicted molar refractivity (Wildman–Crippen MR) is 70.3 cm³/mol. The third kappa shape index (κ3) is 3.39. The van der Waals surface area contributed by atoms with Crippen molar-refractivity contribution in [1.29, 1.82) is 10.5 Å². The lowest BCUT2D eigenvalue weighted by Gasteiger charge is -2.04. The highest BCUT2D eigenvalue weighted by atomic mass is 35.5. The Labute approximate surface area is 109 Å². The Hall–Kier alpha value is -1.69. The maximum absolute atomic E-state index is 8.99. The Kier molecular flexibility index (Phi) is 4.84. The summed E-state index contributed by atoms with van der Waals surface area (Å²) in [6, 6.07) is 5.34. The summed E-state index contributed by atoms with van der Waals surface area (Å²) in [7, 11) is 0. The molecule has 0 saturated carbocycles. The quantitative estimate of drug-likeness (QED) is 0.366. The van der Waals surface area contributed by atoms with E-state index in [2.05, 4.69) is 10.3 Å². The van der Waals surface area contributed by atoms with Crippen LogP contribution < -0.4 is 5.32 Å². The maximum atomic E-state index is 8.99. The molecule has 0 aromatic heterocycles. The van der Waals surface area contributed by atoms with Gasteiger partial charge < -0.3 is 0 Å². The molecule has 1 rings (SSSR count). The largest absolute Gasteiger partial charge is 0.271 e. The summed E-state index contributed by atoms with van der Waals surface area (Å²) in [6.07, 6.45) is 3.57. The van der Waals surface area contributed by atoms with Crippen LogP contribution in [-0.2, 0) is 0 Å². The molecular weight excluding hydrogens is 256 g/mol. The number of amidine groups is 1. The third-order valence-electron chi connectivity index (χ3n) is 1.98.